The van der Waals surface area contributed by atoms with Gasteiger partial charge in [0.1, 0.15) is 38.5 Å². The monoisotopic (exact) mass is 403 g/mol. The van der Waals surface area contributed by atoms with Crippen molar-refractivity contribution in [2.75, 3.05) is 39.8 Å². The average molecular weight is 404 g/mol. The van der Waals surface area contributed by atoms with Gasteiger partial charge in [-0.2, -0.15) is 0 Å². The number of carbonyl (C=O) groups excluding carboxylic acids is 1. The third kappa shape index (κ3) is 5.96. The maximum atomic E-state index is 12.3. The SMILES string of the molecule is COc1ccc(C)cc1C[NH+]1CC[NH+](CC(=O)NCc2ccc(Cl)cc2)CC1. The van der Waals surface area contributed by atoms with Gasteiger partial charge in [0.15, 0.2) is 6.54 Å². The van der Waals surface area contributed by atoms with E-state index in [1.807, 2.05) is 24.3 Å². The summed E-state index contributed by atoms with van der Waals surface area (Å²) in [6.07, 6.45) is 0. The number of carbonyl (C=O) groups is 1. The summed E-state index contributed by atoms with van der Waals surface area (Å²) in [4.78, 5) is 15.2. The van der Waals surface area contributed by atoms with Gasteiger partial charge >= 0.3 is 0 Å². The molecule has 3 N–H and O–H groups in total. The number of nitrogens with one attached hydrogen (secondary N) is 3. The van der Waals surface area contributed by atoms with Crippen LogP contribution in [0, 0.1) is 6.92 Å². The summed E-state index contributed by atoms with van der Waals surface area (Å²) < 4.78 is 5.51. The highest BCUT2D eigenvalue weighted by molar-refractivity contribution is 6.30. The van der Waals surface area contributed by atoms with E-state index in [9.17, 15) is 4.79 Å². The number of hydrogen-bond acceptors (Lipinski definition) is 2. The zero-order chi connectivity index (χ0) is 19.9. The van der Waals surface area contributed by atoms with Gasteiger partial charge < -0.3 is 19.9 Å². The molecule has 0 unspecified atom stereocenters. The number of benzene rings is 2. The standard InChI is InChI=1S/C22H28ClN3O2/c1-17-3-8-21(28-2)19(13-17)15-25-9-11-26(12-10-25)16-22(27)24-14-18-4-6-20(23)7-5-18/h3-8,13H,9-12,14-16H2,1-2H3,(H,24,27)/p+2. The molecule has 0 spiro atoms. The Labute approximate surface area is 172 Å². The lowest BCUT2D eigenvalue weighted by Gasteiger charge is -2.29. The molecule has 0 radical (unpaired) electrons. The Balaban J connectivity index is 1.42. The van der Waals surface area contributed by atoms with Gasteiger partial charge in [-0.15, -0.1) is 0 Å². The first kappa shape index (κ1) is 20.6. The second kappa shape index (κ2) is 9.92. The molecule has 0 saturated carbocycles. The molecule has 5 nitrogen and oxygen atoms in total. The van der Waals surface area contributed by atoms with Gasteiger partial charge in [0.05, 0.1) is 7.11 Å². The zero-order valence-corrected chi connectivity index (χ0v) is 17.4. The second-order valence-electron chi connectivity index (χ2n) is 7.57. The van der Waals surface area contributed by atoms with Crippen LogP contribution in [0.25, 0.3) is 0 Å². The summed E-state index contributed by atoms with van der Waals surface area (Å²) in [5.41, 5.74) is 3.59. The molecular weight excluding hydrogens is 374 g/mol. The Morgan fingerprint density at radius 1 is 1.07 bits per heavy atom. The lowest BCUT2D eigenvalue weighted by atomic mass is 10.1. The second-order valence-corrected chi connectivity index (χ2v) is 8.01. The molecule has 1 aliphatic heterocycles. The summed E-state index contributed by atoms with van der Waals surface area (Å²) >= 11 is 5.89. The van der Waals surface area contributed by atoms with E-state index in [1.165, 1.54) is 16.0 Å². The number of quaternary nitrogens is 2. The van der Waals surface area contributed by atoms with Crippen molar-refractivity contribution in [3.05, 3.63) is 64.2 Å². The fourth-order valence-corrected chi connectivity index (χ4v) is 3.84. The van der Waals surface area contributed by atoms with Crippen LogP contribution in [0.3, 0.4) is 0 Å². The van der Waals surface area contributed by atoms with Crippen molar-refractivity contribution in [2.45, 2.75) is 20.0 Å². The van der Waals surface area contributed by atoms with E-state index in [-0.39, 0.29) is 5.91 Å². The van der Waals surface area contributed by atoms with Crippen molar-refractivity contribution in [3.63, 3.8) is 0 Å². The maximum Gasteiger partial charge on any atom is 0.275 e. The first-order valence-corrected chi connectivity index (χ1v) is 10.2. The number of ether oxygens (including phenoxy) is 1. The van der Waals surface area contributed by atoms with Crippen molar-refractivity contribution < 1.29 is 19.3 Å². The molecule has 2 aromatic carbocycles. The van der Waals surface area contributed by atoms with Crippen molar-refractivity contribution in [1.29, 1.82) is 0 Å². The van der Waals surface area contributed by atoms with Crippen LogP contribution in [-0.4, -0.2) is 45.7 Å². The van der Waals surface area contributed by atoms with Crippen molar-refractivity contribution in [3.8, 4) is 5.75 Å². The predicted molar refractivity (Wildman–Crippen MR) is 111 cm³/mol. The number of amides is 1. The molecule has 0 aliphatic carbocycles. The van der Waals surface area contributed by atoms with E-state index in [4.69, 9.17) is 16.3 Å². The van der Waals surface area contributed by atoms with E-state index in [0.717, 1.165) is 44.0 Å². The highest BCUT2D eigenvalue weighted by Gasteiger charge is 2.25. The largest absolute Gasteiger partial charge is 0.496 e. The number of methoxy groups -OCH3 is 1. The summed E-state index contributed by atoms with van der Waals surface area (Å²) in [6.45, 7) is 8.33. The molecule has 1 aliphatic rings. The van der Waals surface area contributed by atoms with Crippen LogP contribution in [-0.2, 0) is 17.9 Å². The van der Waals surface area contributed by atoms with Gasteiger partial charge in [0.25, 0.3) is 5.91 Å². The Morgan fingerprint density at radius 2 is 1.75 bits per heavy atom. The summed E-state index contributed by atoms with van der Waals surface area (Å²) in [6, 6.07) is 13.9. The van der Waals surface area contributed by atoms with Crippen LogP contribution in [0.4, 0.5) is 0 Å². The van der Waals surface area contributed by atoms with Crippen LogP contribution in [0.1, 0.15) is 16.7 Å². The van der Waals surface area contributed by atoms with E-state index in [1.54, 1.807) is 12.0 Å². The first-order valence-electron chi connectivity index (χ1n) is 9.85. The fraction of sp³-hybridized carbons (Fsp3) is 0.409. The minimum atomic E-state index is 0.105. The molecule has 1 heterocycles. The van der Waals surface area contributed by atoms with E-state index in [2.05, 4.69) is 30.4 Å². The highest BCUT2D eigenvalue weighted by atomic mass is 35.5. The third-order valence-electron chi connectivity index (χ3n) is 5.35. The summed E-state index contributed by atoms with van der Waals surface area (Å²) in [5.74, 6) is 1.07. The molecule has 0 bridgehead atoms. The Bertz CT molecular complexity index is 787. The first-order chi connectivity index (χ1) is 13.5. The van der Waals surface area contributed by atoms with Gasteiger partial charge in [-0.1, -0.05) is 35.4 Å². The van der Waals surface area contributed by atoms with Crippen LogP contribution in [0.15, 0.2) is 42.5 Å². The van der Waals surface area contributed by atoms with Gasteiger partial charge in [0, 0.05) is 17.1 Å². The van der Waals surface area contributed by atoms with Crippen LogP contribution < -0.4 is 19.9 Å². The molecular formula is C22H30ClN3O2+2. The van der Waals surface area contributed by atoms with E-state index >= 15 is 0 Å². The zero-order valence-electron chi connectivity index (χ0n) is 16.7. The average Bonchev–Trinajstić information content (AvgIpc) is 2.69. The van der Waals surface area contributed by atoms with Gasteiger partial charge in [0.2, 0.25) is 0 Å². The van der Waals surface area contributed by atoms with Crippen LogP contribution in [0.2, 0.25) is 5.02 Å². The molecule has 1 fully saturated rings. The number of rotatable bonds is 7. The molecule has 2 aromatic rings. The smallest absolute Gasteiger partial charge is 0.275 e. The minimum Gasteiger partial charge on any atom is -0.496 e. The Morgan fingerprint density at radius 3 is 2.43 bits per heavy atom. The number of hydrogen-bond donors (Lipinski definition) is 3. The normalized spacial score (nSPS) is 19.2. The van der Waals surface area contributed by atoms with Crippen molar-refractivity contribution in [1.82, 2.24) is 5.32 Å². The molecule has 150 valence electrons. The van der Waals surface area contributed by atoms with Gasteiger partial charge in [-0.05, 0) is 36.8 Å². The van der Waals surface area contributed by atoms with Crippen molar-refractivity contribution >= 4 is 17.5 Å². The molecule has 0 atom stereocenters. The lowest BCUT2D eigenvalue weighted by Crippen LogP contribution is -3.28. The molecule has 1 amide bonds. The summed E-state index contributed by atoms with van der Waals surface area (Å²) in [5, 5.41) is 3.72. The number of piperazine rings is 1. The maximum absolute atomic E-state index is 12.3. The molecule has 28 heavy (non-hydrogen) atoms. The van der Waals surface area contributed by atoms with Gasteiger partial charge in [-0.25, -0.2) is 0 Å². The predicted octanol–water partition coefficient (Wildman–Crippen LogP) is 0.257. The van der Waals surface area contributed by atoms with Crippen LogP contribution in [0.5, 0.6) is 5.75 Å². The Kier molecular flexibility index (Phi) is 7.31. The van der Waals surface area contributed by atoms with Gasteiger partial charge in [-0.3, -0.25) is 4.79 Å². The minimum absolute atomic E-state index is 0.105. The molecule has 6 heteroatoms. The molecule has 1 saturated heterocycles. The number of aryl methyl sites for hydroxylation is 1. The lowest BCUT2D eigenvalue weighted by molar-refractivity contribution is -1.02. The Hall–Kier alpha value is -2.08. The fourth-order valence-electron chi connectivity index (χ4n) is 3.72. The topological polar surface area (TPSA) is 47.2 Å². The van der Waals surface area contributed by atoms with E-state index < -0.39 is 0 Å². The van der Waals surface area contributed by atoms with Crippen LogP contribution >= 0.6 is 11.6 Å². The quantitative estimate of drug-likeness (QED) is 0.621. The van der Waals surface area contributed by atoms with E-state index in [0.29, 0.717) is 18.1 Å². The highest BCUT2D eigenvalue weighted by Crippen LogP contribution is 2.18. The third-order valence-corrected chi connectivity index (χ3v) is 5.61. The number of halogens is 1. The molecule has 3 rings (SSSR count). The molecule has 0 aromatic heterocycles. The summed E-state index contributed by atoms with van der Waals surface area (Å²) in [7, 11) is 1.73. The van der Waals surface area contributed by atoms with Crippen molar-refractivity contribution in [2.24, 2.45) is 0 Å².